The Labute approximate surface area is 259 Å². The fraction of sp³-hybridized carbons (Fsp3) is 0.486. The van der Waals surface area contributed by atoms with Crippen molar-refractivity contribution in [1.29, 1.82) is 0 Å². The van der Waals surface area contributed by atoms with Crippen molar-refractivity contribution in [2.45, 2.75) is 62.4 Å². The second-order valence-corrected chi connectivity index (χ2v) is 13.0. The number of amides is 1. The van der Waals surface area contributed by atoms with Crippen LogP contribution in [-0.4, -0.2) is 66.4 Å². The van der Waals surface area contributed by atoms with E-state index in [4.69, 9.17) is 16.3 Å². The van der Waals surface area contributed by atoms with E-state index in [9.17, 15) is 19.8 Å². The molecule has 1 fully saturated rings. The van der Waals surface area contributed by atoms with Gasteiger partial charge in [-0.3, -0.25) is 9.59 Å². The summed E-state index contributed by atoms with van der Waals surface area (Å²) in [5.74, 6) is -1.13. The van der Waals surface area contributed by atoms with E-state index in [0.29, 0.717) is 44.0 Å². The Morgan fingerprint density at radius 2 is 2.05 bits per heavy atom. The normalized spacial score (nSPS) is 23.9. The predicted molar refractivity (Wildman–Crippen MR) is 170 cm³/mol. The van der Waals surface area contributed by atoms with Gasteiger partial charge in [-0.2, -0.15) is 0 Å². The minimum atomic E-state index is -1.03. The largest absolute Gasteiger partial charge is 0.490 e. The van der Waals surface area contributed by atoms with Gasteiger partial charge in [-0.1, -0.05) is 35.9 Å². The van der Waals surface area contributed by atoms with Gasteiger partial charge in [0, 0.05) is 43.5 Å². The summed E-state index contributed by atoms with van der Waals surface area (Å²) >= 11 is 6.39. The second kappa shape index (κ2) is 13.1. The Kier molecular flexibility index (Phi) is 9.52. The number of nitrogens with zero attached hydrogens (tertiary/aromatic N) is 2. The van der Waals surface area contributed by atoms with Crippen LogP contribution in [-0.2, 0) is 21.4 Å². The topological polar surface area (TPSA) is 90.3 Å². The fourth-order valence-corrected chi connectivity index (χ4v) is 7.36. The maximum Gasteiger partial charge on any atom is 0.311 e. The molecular formula is C35H43ClN2O5. The molecule has 2 N–H and O–H groups in total. The number of aliphatic carboxylic acids is 1. The van der Waals surface area contributed by atoms with Crippen molar-refractivity contribution < 1.29 is 24.5 Å². The maximum absolute atomic E-state index is 13.0. The summed E-state index contributed by atoms with van der Waals surface area (Å²) in [5.41, 5.74) is 3.67. The van der Waals surface area contributed by atoms with Crippen molar-refractivity contribution in [2.75, 3.05) is 38.2 Å². The SMILES string of the molecule is C=CCCN(C)C(=O)CC(C(=O)O)c1ccc2c(c1)N(C[C@@H]1CC[C@H]1C(O)C=C)C[C@@]1(CCCc3cc(Cl)ccc31)CO2. The molecule has 2 aliphatic carbocycles. The van der Waals surface area contributed by atoms with Crippen molar-refractivity contribution in [2.24, 2.45) is 11.8 Å². The molecule has 2 aromatic rings. The van der Waals surface area contributed by atoms with Gasteiger partial charge < -0.3 is 24.7 Å². The molecule has 7 nitrogen and oxygen atoms in total. The zero-order chi connectivity index (χ0) is 30.7. The van der Waals surface area contributed by atoms with Crippen LogP contribution in [0.2, 0.25) is 5.02 Å². The monoisotopic (exact) mass is 606 g/mol. The predicted octanol–water partition coefficient (Wildman–Crippen LogP) is 5.98. The summed E-state index contributed by atoms with van der Waals surface area (Å²) in [6, 6.07) is 11.7. The number of fused-ring (bicyclic) bond motifs is 3. The molecule has 2 aromatic carbocycles. The molecule has 0 aromatic heterocycles. The molecule has 1 amide bonds. The highest BCUT2D eigenvalue weighted by Crippen LogP contribution is 2.47. The number of hydrogen-bond donors (Lipinski definition) is 2. The number of carbonyl (C=O) groups is 2. The van der Waals surface area contributed by atoms with Crippen LogP contribution in [0.3, 0.4) is 0 Å². The van der Waals surface area contributed by atoms with E-state index < -0.39 is 18.0 Å². The second-order valence-electron chi connectivity index (χ2n) is 12.5. The van der Waals surface area contributed by atoms with E-state index in [1.54, 1.807) is 30.2 Å². The molecule has 1 saturated carbocycles. The van der Waals surface area contributed by atoms with E-state index in [0.717, 1.165) is 42.8 Å². The van der Waals surface area contributed by atoms with Gasteiger partial charge in [0.2, 0.25) is 5.91 Å². The molecular weight excluding hydrogens is 564 g/mol. The number of ether oxygens (including phenoxy) is 1. The molecule has 2 unspecified atom stereocenters. The molecule has 230 valence electrons. The smallest absolute Gasteiger partial charge is 0.311 e. The van der Waals surface area contributed by atoms with Crippen molar-refractivity contribution >= 4 is 29.2 Å². The first-order valence-electron chi connectivity index (χ1n) is 15.3. The summed E-state index contributed by atoms with van der Waals surface area (Å²) in [6.07, 6.45) is 8.24. The van der Waals surface area contributed by atoms with Crippen LogP contribution < -0.4 is 9.64 Å². The third-order valence-corrected chi connectivity index (χ3v) is 10.1. The summed E-state index contributed by atoms with van der Waals surface area (Å²) in [7, 11) is 1.69. The quantitative estimate of drug-likeness (QED) is 0.306. The van der Waals surface area contributed by atoms with Crippen LogP contribution in [0.5, 0.6) is 5.75 Å². The molecule has 8 heteroatoms. The number of halogens is 1. The summed E-state index contributed by atoms with van der Waals surface area (Å²) < 4.78 is 6.57. The van der Waals surface area contributed by atoms with Gasteiger partial charge in [-0.05, 0) is 91.3 Å². The standard InChI is InChI=1S/C35H43ClN2O5/c1-4-6-16-37(3)33(40)19-28(34(41)42)23-10-14-32-30(18-23)38(20-25-9-12-27(25)31(39)5-2)21-35(22-43-32)15-7-8-24-17-26(36)11-13-29(24)35/h4-5,10-11,13-14,17-18,25,27-28,31,39H,1-2,6-9,12,15-16,19-22H2,3H3,(H,41,42)/t25-,27+,28?,31?,35-/m0/s1. The van der Waals surface area contributed by atoms with E-state index in [1.165, 1.54) is 11.1 Å². The highest BCUT2D eigenvalue weighted by Gasteiger charge is 2.44. The first kappa shape index (κ1) is 31.1. The zero-order valence-corrected chi connectivity index (χ0v) is 25.8. The van der Waals surface area contributed by atoms with Crippen LogP contribution in [0.25, 0.3) is 0 Å². The number of anilines is 1. The number of carbonyl (C=O) groups excluding carboxylic acids is 1. The minimum absolute atomic E-state index is 0.128. The number of benzene rings is 2. The maximum atomic E-state index is 13.0. The van der Waals surface area contributed by atoms with Crippen LogP contribution >= 0.6 is 11.6 Å². The fourth-order valence-electron chi connectivity index (χ4n) is 7.16. The van der Waals surface area contributed by atoms with Gasteiger partial charge in [0.15, 0.2) is 0 Å². The first-order chi connectivity index (χ1) is 20.7. The average Bonchev–Trinajstić information content (AvgIpc) is 3.13. The van der Waals surface area contributed by atoms with E-state index in [-0.39, 0.29) is 29.6 Å². The number of aryl methyl sites for hydroxylation is 1. The summed E-state index contributed by atoms with van der Waals surface area (Å²) in [4.78, 5) is 29.4. The van der Waals surface area contributed by atoms with Crippen molar-refractivity contribution in [1.82, 2.24) is 4.90 Å². The third-order valence-electron chi connectivity index (χ3n) is 9.85. The molecule has 1 spiro atoms. The highest BCUT2D eigenvalue weighted by atomic mass is 35.5. The van der Waals surface area contributed by atoms with Gasteiger partial charge in [0.25, 0.3) is 0 Å². The van der Waals surface area contributed by atoms with Gasteiger partial charge in [0.05, 0.1) is 24.3 Å². The number of aliphatic hydroxyl groups is 1. The Balaban J connectivity index is 1.51. The number of aliphatic hydroxyl groups excluding tert-OH is 1. The van der Waals surface area contributed by atoms with Crippen LogP contribution in [0, 0.1) is 11.8 Å². The number of carboxylic acid groups (broad SMARTS) is 1. The third kappa shape index (κ3) is 6.48. The molecule has 3 aliphatic rings. The van der Waals surface area contributed by atoms with Gasteiger partial charge in [0.1, 0.15) is 5.75 Å². The molecule has 5 atom stereocenters. The van der Waals surface area contributed by atoms with Crippen LogP contribution in [0.1, 0.15) is 61.1 Å². The lowest BCUT2D eigenvalue weighted by Gasteiger charge is -2.45. The molecule has 1 heterocycles. The van der Waals surface area contributed by atoms with Crippen LogP contribution in [0.15, 0.2) is 61.7 Å². The Bertz CT molecular complexity index is 1380. The van der Waals surface area contributed by atoms with E-state index in [1.807, 2.05) is 18.2 Å². The number of carboxylic acids is 1. The lowest BCUT2D eigenvalue weighted by atomic mass is 9.68. The zero-order valence-electron chi connectivity index (χ0n) is 25.0. The van der Waals surface area contributed by atoms with Crippen molar-refractivity contribution in [3.05, 3.63) is 83.4 Å². The minimum Gasteiger partial charge on any atom is -0.490 e. The van der Waals surface area contributed by atoms with Gasteiger partial charge >= 0.3 is 5.97 Å². The molecule has 43 heavy (non-hydrogen) atoms. The number of hydrogen-bond acceptors (Lipinski definition) is 5. The van der Waals surface area contributed by atoms with Crippen molar-refractivity contribution in [3.8, 4) is 5.75 Å². The average molecular weight is 607 g/mol. The van der Waals surface area contributed by atoms with Crippen LogP contribution in [0.4, 0.5) is 5.69 Å². The van der Waals surface area contributed by atoms with Gasteiger partial charge in [-0.25, -0.2) is 0 Å². The summed E-state index contributed by atoms with van der Waals surface area (Å²) in [6.45, 7) is 9.93. The lowest BCUT2D eigenvalue weighted by Crippen LogP contribution is -2.49. The van der Waals surface area contributed by atoms with Crippen molar-refractivity contribution in [3.63, 3.8) is 0 Å². The van der Waals surface area contributed by atoms with E-state index in [2.05, 4.69) is 30.2 Å². The van der Waals surface area contributed by atoms with E-state index >= 15 is 0 Å². The van der Waals surface area contributed by atoms with Gasteiger partial charge in [-0.15, -0.1) is 13.2 Å². The molecule has 0 bridgehead atoms. The number of rotatable bonds is 11. The Morgan fingerprint density at radius 1 is 1.23 bits per heavy atom. The molecule has 1 aliphatic heterocycles. The molecule has 0 radical (unpaired) electrons. The Morgan fingerprint density at radius 3 is 2.74 bits per heavy atom. The molecule has 0 saturated heterocycles. The lowest BCUT2D eigenvalue weighted by molar-refractivity contribution is -0.142. The Hall–Kier alpha value is -3.29. The summed E-state index contributed by atoms with van der Waals surface area (Å²) in [5, 5.41) is 21.6. The highest BCUT2D eigenvalue weighted by molar-refractivity contribution is 6.30. The molecule has 5 rings (SSSR count). The first-order valence-corrected chi connectivity index (χ1v) is 15.7.